The van der Waals surface area contributed by atoms with Gasteiger partial charge in [0, 0.05) is 61.5 Å². The van der Waals surface area contributed by atoms with Crippen molar-refractivity contribution in [2.24, 2.45) is 0 Å². The molecule has 10 aromatic rings. The van der Waals surface area contributed by atoms with Crippen LogP contribution in [0.2, 0.25) is 0 Å². The molecule has 3 nitrogen and oxygen atoms in total. The first-order valence-electron chi connectivity index (χ1n) is 29.3. The number of anilines is 6. The van der Waals surface area contributed by atoms with Crippen molar-refractivity contribution in [3.63, 3.8) is 0 Å². The van der Waals surface area contributed by atoms with Gasteiger partial charge in [-0.15, -0.1) is 0 Å². The van der Waals surface area contributed by atoms with E-state index in [9.17, 15) is 0 Å². The summed E-state index contributed by atoms with van der Waals surface area (Å²) in [7, 11) is 0. The highest BCUT2D eigenvalue weighted by molar-refractivity contribution is 6.90. The molecule has 9 aromatic carbocycles. The number of aryl methyl sites for hydroxylation is 2. The molecule has 78 heavy (non-hydrogen) atoms. The summed E-state index contributed by atoms with van der Waals surface area (Å²) < 4.78 is 2.80. The van der Waals surface area contributed by atoms with E-state index < -0.39 is 0 Å². The third-order valence-electron chi connectivity index (χ3n) is 17.5. The van der Waals surface area contributed by atoms with Crippen molar-refractivity contribution in [3.05, 3.63) is 191 Å². The third-order valence-corrected chi connectivity index (χ3v) is 17.5. The summed E-state index contributed by atoms with van der Waals surface area (Å²) in [6.45, 7) is 33.1. The number of para-hydroxylation sites is 2. The Bertz CT molecular complexity index is 3910. The number of hydrogen-bond acceptors (Lipinski definition) is 2. The summed E-state index contributed by atoms with van der Waals surface area (Å²) in [5.74, 6) is 0. The van der Waals surface area contributed by atoms with Gasteiger partial charge < -0.3 is 14.3 Å². The Kier molecular flexibility index (Phi) is 12.5. The predicted octanol–water partition coefficient (Wildman–Crippen LogP) is 19.9. The van der Waals surface area contributed by atoms with Crippen molar-refractivity contribution in [2.75, 3.05) is 9.80 Å². The van der Waals surface area contributed by atoms with Gasteiger partial charge in [-0.05, 0) is 198 Å². The molecular formula is C74H80BN3. The fraction of sp³-hybridized carbons (Fsp3) is 0.324. The van der Waals surface area contributed by atoms with Gasteiger partial charge in [0.05, 0.1) is 0 Å². The fourth-order valence-corrected chi connectivity index (χ4v) is 13.1. The second kappa shape index (κ2) is 18.8. The van der Waals surface area contributed by atoms with Crippen LogP contribution in [0.4, 0.5) is 34.1 Å². The van der Waals surface area contributed by atoms with Crippen LogP contribution in [0.25, 0.3) is 54.5 Å². The molecule has 0 spiro atoms. The van der Waals surface area contributed by atoms with E-state index in [1.54, 1.807) is 0 Å². The maximum absolute atomic E-state index is 2.80. The minimum absolute atomic E-state index is 0.0197. The van der Waals surface area contributed by atoms with E-state index >= 15 is 0 Å². The normalized spacial score (nSPS) is 13.5. The van der Waals surface area contributed by atoms with Crippen molar-refractivity contribution < 1.29 is 0 Å². The van der Waals surface area contributed by atoms with Crippen molar-refractivity contribution in [3.8, 4) is 11.1 Å². The van der Waals surface area contributed by atoms with Gasteiger partial charge in [0.2, 0.25) is 0 Å². The van der Waals surface area contributed by atoms with Crippen LogP contribution in [0.1, 0.15) is 156 Å². The van der Waals surface area contributed by atoms with Crippen LogP contribution in [0.15, 0.2) is 158 Å². The Morgan fingerprint density at radius 3 is 1.46 bits per heavy atom. The van der Waals surface area contributed by atoms with Crippen molar-refractivity contribution >= 4 is 95.2 Å². The Balaban J connectivity index is 1.32. The van der Waals surface area contributed by atoms with E-state index in [-0.39, 0.29) is 28.5 Å². The first-order valence-corrected chi connectivity index (χ1v) is 29.3. The number of nitrogens with zero attached hydrogens (tertiary/aromatic N) is 3. The van der Waals surface area contributed by atoms with E-state index in [1.165, 1.54) is 116 Å². The highest BCUT2D eigenvalue weighted by atomic mass is 15.2. The van der Waals surface area contributed by atoms with Gasteiger partial charge in [0.1, 0.15) is 0 Å². The molecule has 4 heteroatoms. The van der Waals surface area contributed by atoms with E-state index in [1.807, 2.05) is 0 Å². The molecule has 0 saturated carbocycles. The molecule has 1 aromatic heterocycles. The van der Waals surface area contributed by atoms with Crippen LogP contribution in [-0.2, 0) is 34.5 Å². The average Bonchev–Trinajstić information content (AvgIpc) is 2.73. The summed E-state index contributed by atoms with van der Waals surface area (Å²) in [4.78, 5) is 5.22. The summed E-state index contributed by atoms with van der Waals surface area (Å²) in [6, 6.07) is 62.1. The minimum Gasteiger partial charge on any atom is -0.375 e. The van der Waals surface area contributed by atoms with Gasteiger partial charge in [0.25, 0.3) is 0 Å². The van der Waals surface area contributed by atoms with E-state index in [0.29, 0.717) is 0 Å². The molecule has 12 rings (SSSR count). The fourth-order valence-electron chi connectivity index (χ4n) is 13.1. The largest absolute Gasteiger partial charge is 0.375 e. The topological polar surface area (TPSA) is 11.4 Å². The number of aromatic nitrogens is 1. The summed E-state index contributed by atoms with van der Waals surface area (Å²) >= 11 is 0. The smallest absolute Gasteiger partial charge is 0.333 e. The second-order valence-corrected chi connectivity index (χ2v) is 27.1. The third kappa shape index (κ3) is 8.56. The van der Waals surface area contributed by atoms with Gasteiger partial charge in [-0.1, -0.05) is 189 Å². The predicted molar refractivity (Wildman–Crippen MR) is 342 cm³/mol. The Labute approximate surface area is 466 Å². The number of hydrogen-bond donors (Lipinski definition) is 0. The lowest BCUT2D eigenvalue weighted by Crippen LogP contribution is -2.56. The number of benzene rings is 9. The van der Waals surface area contributed by atoms with E-state index in [2.05, 4.69) is 269 Å². The van der Waals surface area contributed by atoms with Crippen LogP contribution < -0.4 is 20.7 Å². The molecule has 0 aliphatic carbocycles. The molecule has 0 unspecified atom stereocenters. The van der Waals surface area contributed by atoms with Crippen molar-refractivity contribution in [1.29, 1.82) is 0 Å². The molecule has 0 amide bonds. The number of rotatable bonds is 10. The van der Waals surface area contributed by atoms with Gasteiger partial charge >= 0.3 is 6.85 Å². The molecule has 0 fully saturated rings. The van der Waals surface area contributed by atoms with Crippen LogP contribution in [-0.4, -0.2) is 11.3 Å². The van der Waals surface area contributed by atoms with E-state index in [4.69, 9.17) is 0 Å². The molecular weight excluding hydrogens is 942 g/mol. The van der Waals surface area contributed by atoms with E-state index in [0.717, 1.165) is 55.6 Å². The summed E-state index contributed by atoms with van der Waals surface area (Å²) in [5.41, 5.74) is 23.2. The summed E-state index contributed by atoms with van der Waals surface area (Å²) in [5, 5.41) is 8.33. The monoisotopic (exact) mass is 1020 g/mol. The van der Waals surface area contributed by atoms with Crippen molar-refractivity contribution in [2.45, 2.75) is 157 Å². The molecule has 0 radical (unpaired) electrons. The minimum atomic E-state index is -0.118. The Morgan fingerprint density at radius 1 is 0.410 bits per heavy atom. The van der Waals surface area contributed by atoms with Gasteiger partial charge in [-0.2, -0.15) is 0 Å². The maximum Gasteiger partial charge on any atom is 0.333 e. The zero-order valence-corrected chi connectivity index (χ0v) is 49.2. The quantitative estimate of drug-likeness (QED) is 0.0999. The lowest BCUT2D eigenvalue weighted by molar-refractivity contribution is 0.569. The Morgan fingerprint density at radius 2 is 0.923 bits per heavy atom. The number of fused-ring (bicyclic) bond motifs is 9. The summed E-state index contributed by atoms with van der Waals surface area (Å²) in [6.07, 6.45) is 6.65. The van der Waals surface area contributed by atoms with Crippen LogP contribution in [0.5, 0.6) is 0 Å². The van der Waals surface area contributed by atoms with Gasteiger partial charge in [-0.3, -0.25) is 0 Å². The van der Waals surface area contributed by atoms with Crippen LogP contribution in [0, 0.1) is 0 Å². The zero-order valence-electron chi connectivity index (χ0n) is 49.2. The highest BCUT2D eigenvalue weighted by Gasteiger charge is 2.45. The first kappa shape index (κ1) is 51.7. The molecule has 0 atom stereocenters. The molecule has 2 aliphatic heterocycles. The lowest BCUT2D eigenvalue weighted by Gasteiger charge is -2.42. The molecule has 394 valence electrons. The van der Waals surface area contributed by atoms with Crippen LogP contribution in [0.3, 0.4) is 0 Å². The lowest BCUT2D eigenvalue weighted by atomic mass is 9.44. The first-order chi connectivity index (χ1) is 37.1. The van der Waals surface area contributed by atoms with Gasteiger partial charge in [0.15, 0.2) is 0 Å². The van der Waals surface area contributed by atoms with Crippen molar-refractivity contribution in [1.82, 2.24) is 4.48 Å². The van der Waals surface area contributed by atoms with Gasteiger partial charge in [-0.25, -0.2) is 0 Å². The molecule has 2 aliphatic rings. The maximum atomic E-state index is 2.80. The molecule has 0 saturated heterocycles. The standard InChI is InChI=1S/C74H80BN3/c1-15-17-31-57-55-33-25-26-34-56(55)58(32-18-16-2)60-46-67-65(45-59(57)60)75-69-62(64-42-50(74(12,13)14)41-63-61-40-47(71(3,4)5)35-36-66(61)78(75)70(63)64)43-54(76(51-27-21-19-22-28-51)52-29-23-20-24-30-52)44-68(69)77(67)53-38-48(72(6,7)8)37-49(39-53)73(9,10)11/h19-30,33-46H,15-18,31-32H2,1-14H3. The molecule has 0 N–H and O–H groups in total. The zero-order chi connectivity index (χ0) is 54.8. The SMILES string of the molecule is CCCCc1c2ccccc2c(CCCC)c2cc3c(cc12)B1c2c(cc(N(c4ccccc4)c4ccccc4)cc2N3c2cc(C(C)(C)C)cc(C(C)(C)C)c2)-c2cc(C(C)(C)C)cc3c4cc(C(C)(C)C)ccc4n1c23. The highest BCUT2D eigenvalue weighted by Crippen LogP contribution is 2.52. The molecule has 3 heterocycles. The Hall–Kier alpha value is -7.04. The van der Waals surface area contributed by atoms with Crippen LogP contribution >= 0.6 is 0 Å². The second-order valence-electron chi connectivity index (χ2n) is 27.1. The molecule has 0 bridgehead atoms. The number of unbranched alkanes of at least 4 members (excludes halogenated alkanes) is 2. The average molecular weight is 1020 g/mol.